The van der Waals surface area contributed by atoms with Gasteiger partial charge in [0.05, 0.1) is 28.2 Å². The molecule has 1 saturated carbocycles. The summed E-state index contributed by atoms with van der Waals surface area (Å²) in [5.41, 5.74) is 3.12. The number of carbonyl (C=O) groups excluding carboxylic acids is 1. The molecule has 232 valence electrons. The Morgan fingerprint density at radius 2 is 1.68 bits per heavy atom. The molecule has 6 rings (SSSR count). The van der Waals surface area contributed by atoms with Gasteiger partial charge in [-0.1, -0.05) is 68.1 Å². The van der Waals surface area contributed by atoms with E-state index in [1.807, 2.05) is 37.3 Å². The molecule has 9 heteroatoms. The monoisotopic (exact) mass is 630 g/mol. The number of rotatable bonds is 7. The average molecular weight is 631 g/mol. The molecule has 4 aromatic rings. The lowest BCUT2D eigenvalue weighted by Crippen LogP contribution is -2.57. The molecular formula is C35H42N2O5SSi. The van der Waals surface area contributed by atoms with E-state index in [0.717, 1.165) is 47.4 Å². The third-order valence-electron chi connectivity index (χ3n) is 10.1. The Bertz CT molecular complexity index is 1890. The topological polar surface area (TPSA) is 87.0 Å². The van der Waals surface area contributed by atoms with E-state index < -0.39 is 23.5 Å². The molecular weight excluding hydrogens is 589 g/mol. The van der Waals surface area contributed by atoms with E-state index in [1.165, 1.54) is 16.6 Å². The van der Waals surface area contributed by atoms with Crippen LogP contribution < -0.4 is 0 Å². The summed E-state index contributed by atoms with van der Waals surface area (Å²) in [6.07, 6.45) is 2.89. The van der Waals surface area contributed by atoms with E-state index in [-0.39, 0.29) is 22.2 Å². The quantitative estimate of drug-likeness (QED) is 0.120. The molecule has 7 nitrogen and oxygen atoms in total. The molecule has 2 aliphatic rings. The van der Waals surface area contributed by atoms with Gasteiger partial charge in [-0.05, 0) is 91.4 Å². The molecule has 0 N–H and O–H groups in total. The van der Waals surface area contributed by atoms with Crippen molar-refractivity contribution in [3.8, 4) is 0 Å². The fourth-order valence-corrected chi connectivity index (χ4v) is 9.96. The minimum atomic E-state index is -3.85. The van der Waals surface area contributed by atoms with Crippen molar-refractivity contribution in [1.29, 1.82) is 0 Å². The standard InChI is InChI=1S/C35H42N2O5SSi/c1-34-19-18-32(36-41-3)35(2,33(38)42-20-21-44(4,5)6)31(34)17-16-24-22-30-27(23-28(24)34)26-14-10-11-15-29(26)37(30)43(39,40)25-12-8-7-9-13-25/h7-15,22-23,31H,16-21H2,1-6H3/t31-,34?,35-/m1/s1. The number of esters is 1. The van der Waals surface area contributed by atoms with Gasteiger partial charge in [0, 0.05) is 18.8 Å². The maximum Gasteiger partial charge on any atom is 0.317 e. The fourth-order valence-electron chi connectivity index (χ4n) is 7.71. The first-order valence-electron chi connectivity index (χ1n) is 15.5. The highest BCUT2D eigenvalue weighted by atomic mass is 32.2. The Kier molecular flexibility index (Phi) is 7.56. The lowest BCUT2D eigenvalue weighted by molar-refractivity contribution is -0.156. The largest absolute Gasteiger partial charge is 0.465 e. The summed E-state index contributed by atoms with van der Waals surface area (Å²) in [5.74, 6) is -0.277. The zero-order valence-electron chi connectivity index (χ0n) is 26.5. The molecule has 2 aliphatic carbocycles. The number of aromatic nitrogens is 1. The fraction of sp³-hybridized carbons (Fsp3) is 0.429. The van der Waals surface area contributed by atoms with Crippen LogP contribution in [0.4, 0.5) is 0 Å². The SMILES string of the molecule is CON=C1CCC2(C)c3cc4c5ccccc5n(S(=O)(=O)c5ccccc5)c4cc3CC[C@H]2[C@@]1(C)C(=O)OCC[Si](C)(C)C. The Balaban J connectivity index is 1.50. The lowest BCUT2D eigenvalue weighted by Gasteiger charge is -2.54. The van der Waals surface area contributed by atoms with Gasteiger partial charge in [0.2, 0.25) is 0 Å². The molecule has 0 amide bonds. The number of para-hydroxylation sites is 1. The van der Waals surface area contributed by atoms with E-state index in [9.17, 15) is 13.2 Å². The number of ether oxygens (including phenoxy) is 1. The van der Waals surface area contributed by atoms with Crippen molar-refractivity contribution < 1.29 is 22.8 Å². The van der Waals surface area contributed by atoms with Gasteiger partial charge >= 0.3 is 5.97 Å². The van der Waals surface area contributed by atoms with Crippen LogP contribution in [0.5, 0.6) is 0 Å². The van der Waals surface area contributed by atoms with E-state index in [0.29, 0.717) is 24.1 Å². The van der Waals surface area contributed by atoms with E-state index in [2.05, 4.69) is 43.9 Å². The predicted molar refractivity (Wildman–Crippen MR) is 179 cm³/mol. The highest BCUT2D eigenvalue weighted by Crippen LogP contribution is 2.57. The first kappa shape index (κ1) is 30.6. The molecule has 1 unspecified atom stereocenters. The van der Waals surface area contributed by atoms with Crippen LogP contribution in [0.3, 0.4) is 0 Å². The van der Waals surface area contributed by atoms with Gasteiger partial charge < -0.3 is 9.57 Å². The van der Waals surface area contributed by atoms with Crippen molar-refractivity contribution in [1.82, 2.24) is 3.97 Å². The normalized spacial score (nSPS) is 24.7. The first-order valence-corrected chi connectivity index (χ1v) is 20.6. The van der Waals surface area contributed by atoms with Crippen LogP contribution in [0.1, 0.15) is 44.2 Å². The van der Waals surface area contributed by atoms with Crippen LogP contribution in [0.15, 0.2) is 76.8 Å². The highest BCUT2D eigenvalue weighted by Gasteiger charge is 2.59. The van der Waals surface area contributed by atoms with Crippen LogP contribution in [-0.4, -0.2) is 45.9 Å². The average Bonchev–Trinajstić information content (AvgIpc) is 3.32. The molecule has 3 aromatic carbocycles. The van der Waals surface area contributed by atoms with E-state index in [4.69, 9.17) is 9.57 Å². The molecule has 1 heterocycles. The van der Waals surface area contributed by atoms with E-state index >= 15 is 0 Å². The number of oxime groups is 1. The zero-order chi connectivity index (χ0) is 31.5. The lowest BCUT2D eigenvalue weighted by atomic mass is 9.49. The molecule has 44 heavy (non-hydrogen) atoms. The van der Waals surface area contributed by atoms with Crippen molar-refractivity contribution in [3.63, 3.8) is 0 Å². The molecule has 1 fully saturated rings. The van der Waals surface area contributed by atoms with Gasteiger partial charge in [-0.15, -0.1) is 0 Å². The number of benzene rings is 3. The Hall–Kier alpha value is -3.43. The maximum atomic E-state index is 14.1. The van der Waals surface area contributed by atoms with Gasteiger partial charge in [0.25, 0.3) is 10.0 Å². The van der Waals surface area contributed by atoms with Crippen molar-refractivity contribution >= 4 is 51.6 Å². The summed E-state index contributed by atoms with van der Waals surface area (Å²) < 4.78 is 35.7. The number of hydrogen-bond acceptors (Lipinski definition) is 6. The molecule has 0 spiro atoms. The van der Waals surface area contributed by atoms with E-state index in [1.54, 1.807) is 24.3 Å². The van der Waals surface area contributed by atoms with Crippen molar-refractivity contribution in [2.45, 2.75) is 75.5 Å². The molecule has 0 aliphatic heterocycles. The van der Waals surface area contributed by atoms with Crippen molar-refractivity contribution in [2.75, 3.05) is 13.7 Å². The maximum absolute atomic E-state index is 14.1. The van der Waals surface area contributed by atoms with Gasteiger partial charge in [0.1, 0.15) is 12.5 Å². The number of aryl methyl sites for hydroxylation is 1. The summed E-state index contributed by atoms with van der Waals surface area (Å²) in [6.45, 7) is 11.5. The second kappa shape index (κ2) is 10.9. The van der Waals surface area contributed by atoms with Crippen LogP contribution in [0.2, 0.25) is 25.7 Å². The molecule has 0 saturated heterocycles. The predicted octanol–water partition coefficient (Wildman–Crippen LogP) is 7.54. The number of hydrogen-bond donors (Lipinski definition) is 0. The Labute approximate surface area is 261 Å². The number of nitrogens with zero attached hydrogens (tertiary/aromatic N) is 2. The smallest absolute Gasteiger partial charge is 0.317 e. The summed E-state index contributed by atoms with van der Waals surface area (Å²) >= 11 is 0. The molecule has 0 radical (unpaired) electrons. The number of carbonyl (C=O) groups is 1. The third-order valence-corrected chi connectivity index (χ3v) is 13.6. The second-order valence-electron chi connectivity index (χ2n) is 14.0. The van der Waals surface area contributed by atoms with Gasteiger partial charge in [-0.3, -0.25) is 4.79 Å². The summed E-state index contributed by atoms with van der Waals surface area (Å²) in [4.78, 5) is 19.6. The summed E-state index contributed by atoms with van der Waals surface area (Å²) in [6, 6.07) is 21.5. The molecule has 0 bridgehead atoms. The molecule has 3 atom stereocenters. The van der Waals surface area contributed by atoms with Gasteiger partial charge in [-0.2, -0.15) is 0 Å². The third kappa shape index (κ3) is 4.79. The summed E-state index contributed by atoms with van der Waals surface area (Å²) in [5, 5.41) is 6.19. The van der Waals surface area contributed by atoms with Crippen molar-refractivity contribution in [3.05, 3.63) is 77.9 Å². The van der Waals surface area contributed by atoms with Crippen LogP contribution in [0, 0.1) is 11.3 Å². The van der Waals surface area contributed by atoms with Gasteiger partial charge in [0.15, 0.2) is 0 Å². The molecule has 1 aromatic heterocycles. The van der Waals surface area contributed by atoms with Crippen molar-refractivity contribution in [2.24, 2.45) is 16.5 Å². The number of fused-ring (bicyclic) bond motifs is 6. The minimum Gasteiger partial charge on any atom is -0.465 e. The first-order chi connectivity index (χ1) is 20.8. The Morgan fingerprint density at radius 1 is 0.977 bits per heavy atom. The van der Waals surface area contributed by atoms with Crippen LogP contribution in [0.25, 0.3) is 21.8 Å². The van der Waals surface area contributed by atoms with Crippen LogP contribution >= 0.6 is 0 Å². The second-order valence-corrected chi connectivity index (χ2v) is 21.4. The summed E-state index contributed by atoms with van der Waals surface area (Å²) in [7, 11) is -3.70. The minimum absolute atomic E-state index is 0.0524. The Morgan fingerprint density at radius 3 is 2.39 bits per heavy atom. The van der Waals surface area contributed by atoms with Gasteiger partial charge in [-0.25, -0.2) is 12.4 Å². The van der Waals surface area contributed by atoms with Crippen LogP contribution in [-0.2, 0) is 36.2 Å². The highest BCUT2D eigenvalue weighted by molar-refractivity contribution is 7.90. The zero-order valence-corrected chi connectivity index (χ0v) is 28.3.